The Hall–Kier alpha value is -2.47. The van der Waals surface area contributed by atoms with Gasteiger partial charge >= 0.3 is 0 Å². The molecule has 3 aromatic rings. The number of nitrogens with zero attached hydrogens (tertiary/aromatic N) is 3. The number of carbonyl (C=O) groups is 1. The summed E-state index contributed by atoms with van der Waals surface area (Å²) in [5.74, 6) is 0.701. The zero-order chi connectivity index (χ0) is 20.0. The molecule has 0 radical (unpaired) electrons. The first-order valence-electron chi connectivity index (χ1n) is 10.0. The van der Waals surface area contributed by atoms with Gasteiger partial charge in [0, 0.05) is 60.8 Å². The monoisotopic (exact) mass is 406 g/mol. The molecule has 1 aliphatic carbocycles. The molecule has 0 atom stereocenters. The molecule has 0 unspecified atom stereocenters. The van der Waals surface area contributed by atoms with E-state index < -0.39 is 0 Å². The van der Waals surface area contributed by atoms with Crippen LogP contribution in [0.2, 0.25) is 5.02 Å². The Morgan fingerprint density at radius 1 is 1.03 bits per heavy atom. The van der Waals surface area contributed by atoms with Gasteiger partial charge in [0.2, 0.25) is 0 Å². The number of hydrogen-bond donors (Lipinski definition) is 1. The number of fused-ring (bicyclic) bond motifs is 5. The molecule has 2 heterocycles. The third-order valence-corrected chi connectivity index (χ3v) is 6.17. The molecule has 5 rings (SSSR count). The molecule has 0 bridgehead atoms. The van der Waals surface area contributed by atoms with Crippen LogP contribution in [0.15, 0.2) is 42.5 Å². The molecule has 29 heavy (non-hydrogen) atoms. The number of anilines is 1. The number of nitrogens with one attached hydrogen (secondary N) is 1. The second-order valence-corrected chi connectivity index (χ2v) is 8.25. The van der Waals surface area contributed by atoms with Crippen molar-refractivity contribution in [1.29, 1.82) is 0 Å². The first kappa shape index (κ1) is 18.6. The second-order valence-electron chi connectivity index (χ2n) is 7.82. The fourth-order valence-electron chi connectivity index (χ4n) is 4.30. The van der Waals surface area contributed by atoms with E-state index in [0.29, 0.717) is 16.4 Å². The fourth-order valence-corrected chi connectivity index (χ4v) is 4.47. The summed E-state index contributed by atoms with van der Waals surface area (Å²) < 4.78 is 0. The molecule has 1 saturated heterocycles. The maximum Gasteiger partial charge on any atom is 0.198 e. The fraction of sp³-hybridized carbons (Fsp3) is 0.304. The quantitative estimate of drug-likeness (QED) is 0.559. The summed E-state index contributed by atoms with van der Waals surface area (Å²) in [6, 6.07) is 13.5. The average Bonchev–Trinajstić information content (AvgIpc) is 3.03. The van der Waals surface area contributed by atoms with Crippen molar-refractivity contribution in [3.8, 4) is 11.1 Å². The standard InChI is InChI=1S/C23H23ClN4O/c1-27-10-12-28(13-11-27)9-8-25-23-21-20(16-4-2-3-5-17(16)22(21)29)18-7-6-15(24)14-19(18)26-23/h2-7,14H,8-13H2,1H3,(H,25,26). The van der Waals surface area contributed by atoms with Crippen molar-refractivity contribution < 1.29 is 4.79 Å². The van der Waals surface area contributed by atoms with E-state index in [1.807, 2.05) is 42.5 Å². The van der Waals surface area contributed by atoms with Gasteiger partial charge < -0.3 is 10.2 Å². The van der Waals surface area contributed by atoms with Crippen molar-refractivity contribution in [2.45, 2.75) is 0 Å². The highest BCUT2D eigenvalue weighted by Gasteiger charge is 2.32. The van der Waals surface area contributed by atoms with Crippen molar-refractivity contribution >= 4 is 34.1 Å². The molecule has 0 amide bonds. The molecule has 1 fully saturated rings. The van der Waals surface area contributed by atoms with Gasteiger partial charge in [-0.25, -0.2) is 4.98 Å². The number of benzene rings is 2. The van der Waals surface area contributed by atoms with Gasteiger partial charge in [-0.3, -0.25) is 9.69 Å². The summed E-state index contributed by atoms with van der Waals surface area (Å²) >= 11 is 6.23. The lowest BCUT2D eigenvalue weighted by Gasteiger charge is -2.32. The van der Waals surface area contributed by atoms with Crippen molar-refractivity contribution in [3.05, 3.63) is 58.6 Å². The summed E-state index contributed by atoms with van der Waals surface area (Å²) in [4.78, 5) is 22.8. The zero-order valence-corrected chi connectivity index (χ0v) is 17.2. The minimum Gasteiger partial charge on any atom is -0.368 e. The maximum atomic E-state index is 13.2. The predicted octanol–water partition coefficient (Wildman–Crippen LogP) is 3.76. The number of pyridine rings is 1. The van der Waals surface area contributed by atoms with Gasteiger partial charge in [0.15, 0.2) is 5.78 Å². The van der Waals surface area contributed by atoms with E-state index in [9.17, 15) is 4.79 Å². The first-order chi connectivity index (χ1) is 14.1. The number of ketones is 1. The molecule has 0 saturated carbocycles. The van der Waals surface area contributed by atoms with Crippen LogP contribution in [0.5, 0.6) is 0 Å². The number of halogens is 1. The summed E-state index contributed by atoms with van der Waals surface area (Å²) in [7, 11) is 2.16. The Kier molecular flexibility index (Phi) is 4.74. The number of hydrogen-bond acceptors (Lipinski definition) is 5. The van der Waals surface area contributed by atoms with E-state index in [1.54, 1.807) is 0 Å². The van der Waals surface area contributed by atoms with Crippen molar-refractivity contribution in [1.82, 2.24) is 14.8 Å². The van der Waals surface area contributed by atoms with Gasteiger partial charge in [-0.05, 0) is 24.7 Å². The van der Waals surface area contributed by atoms with Crippen LogP contribution in [0.4, 0.5) is 5.82 Å². The van der Waals surface area contributed by atoms with E-state index in [4.69, 9.17) is 16.6 Å². The number of piperazine rings is 1. The third-order valence-electron chi connectivity index (χ3n) is 5.93. The smallest absolute Gasteiger partial charge is 0.198 e. The number of carbonyl (C=O) groups excluding carboxylic acids is 1. The van der Waals surface area contributed by atoms with Crippen LogP contribution in [0.25, 0.3) is 22.0 Å². The van der Waals surface area contributed by atoms with Crippen LogP contribution in [0.3, 0.4) is 0 Å². The van der Waals surface area contributed by atoms with Crippen LogP contribution < -0.4 is 5.32 Å². The molecule has 148 valence electrons. The number of rotatable bonds is 4. The second kappa shape index (κ2) is 7.41. The molecule has 2 aliphatic rings. The van der Waals surface area contributed by atoms with Crippen LogP contribution in [0, 0.1) is 0 Å². The lowest BCUT2D eigenvalue weighted by atomic mass is 10.0. The molecule has 2 aromatic carbocycles. The molecular weight excluding hydrogens is 384 g/mol. The van der Waals surface area contributed by atoms with Gasteiger partial charge in [-0.15, -0.1) is 0 Å². The van der Waals surface area contributed by atoms with Crippen molar-refractivity contribution in [3.63, 3.8) is 0 Å². The van der Waals surface area contributed by atoms with Crippen LogP contribution >= 0.6 is 11.6 Å². The largest absolute Gasteiger partial charge is 0.368 e. The number of likely N-dealkylation sites (N-methyl/N-ethyl adjacent to an activating group) is 1. The van der Waals surface area contributed by atoms with E-state index in [-0.39, 0.29) is 5.78 Å². The van der Waals surface area contributed by atoms with Gasteiger partial charge in [0.05, 0.1) is 11.1 Å². The molecule has 6 heteroatoms. The zero-order valence-electron chi connectivity index (χ0n) is 16.4. The lowest BCUT2D eigenvalue weighted by Crippen LogP contribution is -2.45. The van der Waals surface area contributed by atoms with E-state index in [1.165, 1.54) is 0 Å². The van der Waals surface area contributed by atoms with Gasteiger partial charge in [-0.1, -0.05) is 41.9 Å². The topological polar surface area (TPSA) is 48.5 Å². The highest BCUT2D eigenvalue weighted by molar-refractivity contribution is 6.32. The molecular formula is C23H23ClN4O. The molecule has 1 aliphatic heterocycles. The SMILES string of the molecule is CN1CCN(CCNc2nc3cc(Cl)ccc3c3c2C(=O)c2ccccc2-3)CC1. The van der Waals surface area contributed by atoms with Gasteiger partial charge in [0.1, 0.15) is 5.82 Å². The molecule has 1 N–H and O–H groups in total. The normalized spacial score (nSPS) is 16.8. The highest BCUT2D eigenvalue weighted by atomic mass is 35.5. The Morgan fingerprint density at radius 2 is 1.79 bits per heavy atom. The Bertz CT molecular complexity index is 1110. The molecule has 1 aromatic heterocycles. The van der Waals surface area contributed by atoms with Gasteiger partial charge in [-0.2, -0.15) is 0 Å². The van der Waals surface area contributed by atoms with Crippen molar-refractivity contribution in [2.75, 3.05) is 51.6 Å². The third kappa shape index (κ3) is 3.29. The summed E-state index contributed by atoms with van der Waals surface area (Å²) in [5, 5.41) is 5.06. The Morgan fingerprint density at radius 3 is 2.59 bits per heavy atom. The summed E-state index contributed by atoms with van der Waals surface area (Å²) in [6.45, 7) is 6.01. The van der Waals surface area contributed by atoms with E-state index >= 15 is 0 Å². The first-order valence-corrected chi connectivity index (χ1v) is 10.4. The maximum absolute atomic E-state index is 13.2. The van der Waals surface area contributed by atoms with E-state index in [0.717, 1.165) is 66.9 Å². The molecule has 5 nitrogen and oxygen atoms in total. The van der Waals surface area contributed by atoms with E-state index in [2.05, 4.69) is 22.2 Å². The predicted molar refractivity (Wildman–Crippen MR) is 118 cm³/mol. The van der Waals surface area contributed by atoms with Crippen LogP contribution in [-0.4, -0.2) is 66.9 Å². The van der Waals surface area contributed by atoms with Crippen LogP contribution in [0.1, 0.15) is 15.9 Å². The van der Waals surface area contributed by atoms with Gasteiger partial charge in [0.25, 0.3) is 0 Å². The summed E-state index contributed by atoms with van der Waals surface area (Å²) in [6.07, 6.45) is 0. The minimum atomic E-state index is 0.0436. The molecule has 0 spiro atoms. The summed E-state index contributed by atoms with van der Waals surface area (Å²) in [5.41, 5.74) is 4.18. The van der Waals surface area contributed by atoms with Crippen LogP contribution in [-0.2, 0) is 0 Å². The Balaban J connectivity index is 1.50. The highest BCUT2D eigenvalue weighted by Crippen LogP contribution is 2.44. The van der Waals surface area contributed by atoms with Crippen molar-refractivity contribution in [2.24, 2.45) is 0 Å². The number of aromatic nitrogens is 1. The minimum absolute atomic E-state index is 0.0436. The Labute approximate surface area is 175 Å². The lowest BCUT2D eigenvalue weighted by molar-refractivity contribution is 0.104. The average molecular weight is 407 g/mol.